The lowest BCUT2D eigenvalue weighted by Crippen LogP contribution is -2.52. The number of sulfonamides is 1. The largest absolute Gasteiger partial charge is 0.333 e. The second-order valence-corrected chi connectivity index (χ2v) is 8.66. The zero-order chi connectivity index (χ0) is 19.6. The minimum atomic E-state index is -3.67. The molecule has 1 atom stereocenters. The predicted molar refractivity (Wildman–Crippen MR) is 114 cm³/mol. The molecular weight excluding hydrogens is 398 g/mol. The van der Waals surface area contributed by atoms with Gasteiger partial charge in [0.05, 0.1) is 4.90 Å². The van der Waals surface area contributed by atoms with Crippen LogP contribution in [0.15, 0.2) is 47.4 Å². The molecule has 28 heavy (non-hydrogen) atoms. The SMILES string of the molecule is Cc1ccc(S(=O)(=O)Nc2ccc(C(=O)N3CCNC[C@@H]3C)cc2)cc1C.Cl. The van der Waals surface area contributed by atoms with Crippen LogP contribution in [0.1, 0.15) is 28.4 Å². The number of rotatable bonds is 4. The van der Waals surface area contributed by atoms with E-state index in [0.29, 0.717) is 17.8 Å². The number of piperazine rings is 1. The summed E-state index contributed by atoms with van der Waals surface area (Å²) in [6, 6.07) is 11.7. The number of anilines is 1. The number of nitrogens with zero attached hydrogens (tertiary/aromatic N) is 1. The summed E-state index contributed by atoms with van der Waals surface area (Å²) in [6.45, 7) is 8.06. The van der Waals surface area contributed by atoms with Crippen LogP contribution in [0.2, 0.25) is 0 Å². The van der Waals surface area contributed by atoms with Crippen molar-refractivity contribution in [1.82, 2.24) is 10.2 Å². The molecule has 1 fully saturated rings. The minimum absolute atomic E-state index is 0. The van der Waals surface area contributed by atoms with E-state index in [1.807, 2.05) is 25.7 Å². The first-order valence-electron chi connectivity index (χ1n) is 9.00. The normalized spacial score (nSPS) is 17.0. The maximum absolute atomic E-state index is 12.7. The van der Waals surface area contributed by atoms with Gasteiger partial charge in [-0.15, -0.1) is 12.4 Å². The van der Waals surface area contributed by atoms with Gasteiger partial charge in [0.15, 0.2) is 0 Å². The third-order valence-electron chi connectivity index (χ3n) is 4.93. The highest BCUT2D eigenvalue weighted by Crippen LogP contribution is 2.20. The zero-order valence-electron chi connectivity index (χ0n) is 16.2. The van der Waals surface area contributed by atoms with Gasteiger partial charge < -0.3 is 10.2 Å². The number of carbonyl (C=O) groups excluding carboxylic acids is 1. The van der Waals surface area contributed by atoms with Gasteiger partial charge in [0.25, 0.3) is 15.9 Å². The van der Waals surface area contributed by atoms with Crippen LogP contribution in [0.5, 0.6) is 0 Å². The first kappa shape index (κ1) is 22.2. The topological polar surface area (TPSA) is 78.5 Å². The highest BCUT2D eigenvalue weighted by molar-refractivity contribution is 7.92. The van der Waals surface area contributed by atoms with Gasteiger partial charge in [-0.05, 0) is 68.3 Å². The fraction of sp³-hybridized carbons (Fsp3) is 0.350. The predicted octanol–water partition coefficient (Wildman–Crippen LogP) is 2.96. The summed E-state index contributed by atoms with van der Waals surface area (Å²) >= 11 is 0. The van der Waals surface area contributed by atoms with Crippen molar-refractivity contribution in [2.24, 2.45) is 0 Å². The van der Waals surface area contributed by atoms with E-state index in [1.54, 1.807) is 42.5 Å². The van der Waals surface area contributed by atoms with Crippen molar-refractivity contribution in [2.75, 3.05) is 24.4 Å². The molecule has 1 aliphatic rings. The third kappa shape index (κ3) is 4.84. The Morgan fingerprint density at radius 3 is 2.39 bits per heavy atom. The molecule has 6 nitrogen and oxygen atoms in total. The summed E-state index contributed by atoms with van der Waals surface area (Å²) in [6.07, 6.45) is 0. The zero-order valence-corrected chi connectivity index (χ0v) is 17.9. The Kier molecular flexibility index (Phi) is 7.09. The van der Waals surface area contributed by atoms with Crippen LogP contribution in [0.4, 0.5) is 5.69 Å². The number of hydrogen-bond donors (Lipinski definition) is 2. The number of benzene rings is 2. The summed E-state index contributed by atoms with van der Waals surface area (Å²) in [7, 11) is -3.67. The second-order valence-electron chi connectivity index (χ2n) is 6.98. The molecule has 0 radical (unpaired) electrons. The van der Waals surface area contributed by atoms with E-state index in [9.17, 15) is 13.2 Å². The Labute approximate surface area is 172 Å². The van der Waals surface area contributed by atoms with E-state index >= 15 is 0 Å². The second kappa shape index (κ2) is 8.94. The van der Waals surface area contributed by atoms with Crippen molar-refractivity contribution in [2.45, 2.75) is 31.7 Å². The molecule has 0 saturated carbocycles. The first-order valence-corrected chi connectivity index (χ1v) is 10.5. The van der Waals surface area contributed by atoms with Crippen molar-refractivity contribution in [3.63, 3.8) is 0 Å². The van der Waals surface area contributed by atoms with Crippen LogP contribution in [-0.2, 0) is 10.0 Å². The Morgan fingerprint density at radius 2 is 1.79 bits per heavy atom. The van der Waals surface area contributed by atoms with Crippen LogP contribution >= 0.6 is 12.4 Å². The highest BCUT2D eigenvalue weighted by atomic mass is 35.5. The van der Waals surface area contributed by atoms with Crippen LogP contribution < -0.4 is 10.0 Å². The van der Waals surface area contributed by atoms with Crippen molar-refractivity contribution < 1.29 is 13.2 Å². The molecule has 2 N–H and O–H groups in total. The third-order valence-corrected chi connectivity index (χ3v) is 6.31. The standard InChI is InChI=1S/C20H25N3O3S.ClH/c1-14-4-9-19(12-15(14)2)27(25,26)22-18-7-5-17(6-8-18)20(24)23-11-10-21-13-16(23)3;/h4-9,12,16,21-22H,10-11,13H2,1-3H3;1H/t16-;/m0./s1. The summed E-state index contributed by atoms with van der Waals surface area (Å²) in [5, 5.41) is 3.26. The molecule has 3 rings (SSSR count). The van der Waals surface area contributed by atoms with Gasteiger partial charge >= 0.3 is 0 Å². The smallest absolute Gasteiger partial charge is 0.261 e. The van der Waals surface area contributed by atoms with Crippen LogP contribution in [-0.4, -0.2) is 44.9 Å². The Bertz CT molecular complexity index is 946. The van der Waals surface area contributed by atoms with Crippen molar-refractivity contribution in [3.8, 4) is 0 Å². The number of nitrogens with one attached hydrogen (secondary N) is 2. The monoisotopic (exact) mass is 423 g/mol. The fourth-order valence-corrected chi connectivity index (χ4v) is 4.23. The fourth-order valence-electron chi connectivity index (χ4n) is 3.08. The van der Waals surface area contributed by atoms with E-state index in [1.165, 1.54) is 0 Å². The first-order chi connectivity index (χ1) is 12.8. The van der Waals surface area contributed by atoms with Crippen LogP contribution in [0.25, 0.3) is 0 Å². The highest BCUT2D eigenvalue weighted by Gasteiger charge is 2.24. The lowest BCUT2D eigenvalue weighted by molar-refractivity contribution is 0.0656. The van der Waals surface area contributed by atoms with E-state index in [-0.39, 0.29) is 29.3 Å². The van der Waals surface area contributed by atoms with Gasteiger partial charge in [0, 0.05) is 36.9 Å². The van der Waals surface area contributed by atoms with Crippen molar-refractivity contribution in [3.05, 3.63) is 59.2 Å². The molecule has 1 amide bonds. The molecule has 1 aliphatic heterocycles. The average Bonchev–Trinajstić information content (AvgIpc) is 2.64. The molecular formula is C20H26ClN3O3S. The molecule has 1 heterocycles. The summed E-state index contributed by atoms with van der Waals surface area (Å²) in [5.74, 6) is -0.0347. The van der Waals surface area contributed by atoms with Crippen molar-refractivity contribution >= 4 is 34.0 Å². The number of carbonyl (C=O) groups is 1. The lowest BCUT2D eigenvalue weighted by Gasteiger charge is -2.34. The van der Waals surface area contributed by atoms with E-state index < -0.39 is 10.0 Å². The Morgan fingerprint density at radius 1 is 1.11 bits per heavy atom. The average molecular weight is 424 g/mol. The van der Waals surface area contributed by atoms with Crippen molar-refractivity contribution in [1.29, 1.82) is 0 Å². The molecule has 0 unspecified atom stereocenters. The lowest BCUT2D eigenvalue weighted by atomic mass is 10.1. The van der Waals surface area contributed by atoms with Gasteiger partial charge in [-0.2, -0.15) is 0 Å². The summed E-state index contributed by atoms with van der Waals surface area (Å²) in [4.78, 5) is 14.7. The molecule has 152 valence electrons. The van der Waals surface area contributed by atoms with Crippen LogP contribution in [0, 0.1) is 13.8 Å². The maximum Gasteiger partial charge on any atom is 0.261 e. The number of amides is 1. The Hall–Kier alpha value is -2.09. The summed E-state index contributed by atoms with van der Waals surface area (Å²) < 4.78 is 27.7. The molecule has 0 aromatic heterocycles. The van der Waals surface area contributed by atoms with Crippen LogP contribution in [0.3, 0.4) is 0 Å². The summed E-state index contributed by atoms with van der Waals surface area (Å²) in [5.41, 5.74) is 2.94. The quantitative estimate of drug-likeness (QED) is 0.792. The number of hydrogen-bond acceptors (Lipinski definition) is 4. The van der Waals surface area contributed by atoms with E-state index in [4.69, 9.17) is 0 Å². The van der Waals surface area contributed by atoms with Gasteiger partial charge in [-0.1, -0.05) is 6.07 Å². The number of halogens is 1. The Balaban J connectivity index is 0.00000280. The molecule has 0 aliphatic carbocycles. The van der Waals surface area contributed by atoms with Gasteiger partial charge in [0.1, 0.15) is 0 Å². The van der Waals surface area contributed by atoms with Gasteiger partial charge in [-0.25, -0.2) is 8.42 Å². The van der Waals surface area contributed by atoms with E-state index in [2.05, 4.69) is 10.0 Å². The molecule has 2 aromatic rings. The molecule has 2 aromatic carbocycles. The van der Waals surface area contributed by atoms with E-state index in [0.717, 1.165) is 24.2 Å². The van der Waals surface area contributed by atoms with Gasteiger partial charge in [0.2, 0.25) is 0 Å². The molecule has 1 saturated heterocycles. The maximum atomic E-state index is 12.7. The number of aryl methyl sites for hydroxylation is 2. The van der Waals surface area contributed by atoms with Gasteiger partial charge in [-0.3, -0.25) is 9.52 Å². The molecule has 0 bridgehead atoms. The molecule has 0 spiro atoms. The molecule has 8 heteroatoms. The minimum Gasteiger partial charge on any atom is -0.333 e.